The largest absolute Gasteiger partial charge is 0.494 e. The molecule has 2 rings (SSSR count). The molecule has 0 aliphatic rings. The van der Waals surface area contributed by atoms with Gasteiger partial charge in [-0.05, 0) is 67.7 Å². The highest BCUT2D eigenvalue weighted by atomic mass is 32.1. The van der Waals surface area contributed by atoms with Crippen LogP contribution in [0.25, 0.3) is 0 Å². The van der Waals surface area contributed by atoms with Crippen LogP contribution in [0.15, 0.2) is 54.6 Å². The topological polar surface area (TPSA) is 76.7 Å². The van der Waals surface area contributed by atoms with E-state index in [0.717, 1.165) is 30.7 Å². The lowest BCUT2D eigenvalue weighted by molar-refractivity contribution is -0.143. The molecule has 0 saturated carbocycles. The van der Waals surface area contributed by atoms with Crippen molar-refractivity contribution in [3.05, 3.63) is 60.2 Å². The molecule has 1 amide bonds. The zero-order chi connectivity index (χ0) is 22.3. The minimum absolute atomic E-state index is 0.199. The molecule has 0 aliphatic carbocycles. The van der Waals surface area contributed by atoms with Crippen LogP contribution >= 0.6 is 12.2 Å². The van der Waals surface area contributed by atoms with Crippen molar-refractivity contribution in [1.82, 2.24) is 5.32 Å². The highest BCUT2D eigenvalue weighted by Gasteiger charge is 2.08. The molecule has 0 aromatic heterocycles. The molecule has 2 aromatic rings. The SMILES string of the molecule is CCCOc1ccc(NC(=S)NC(=O)CCCC(=O)OCCCc2ccccc2)cc1. The van der Waals surface area contributed by atoms with E-state index in [1.165, 1.54) is 5.56 Å². The summed E-state index contributed by atoms with van der Waals surface area (Å²) in [5.41, 5.74) is 1.98. The van der Waals surface area contributed by atoms with Crippen molar-refractivity contribution in [2.24, 2.45) is 0 Å². The first kappa shape index (κ1) is 24.3. The normalized spacial score (nSPS) is 10.2. The molecule has 0 radical (unpaired) electrons. The van der Waals surface area contributed by atoms with Gasteiger partial charge in [-0.15, -0.1) is 0 Å². The van der Waals surface area contributed by atoms with Gasteiger partial charge < -0.3 is 20.1 Å². The number of nitrogens with one attached hydrogen (secondary N) is 2. The Bertz CT molecular complexity index is 825. The Kier molecular flexibility index (Phi) is 11.1. The maximum atomic E-state index is 12.0. The van der Waals surface area contributed by atoms with E-state index in [1.54, 1.807) is 0 Å². The summed E-state index contributed by atoms with van der Waals surface area (Å²) in [6.45, 7) is 3.10. The molecule has 0 aliphatic heterocycles. The third-order valence-electron chi connectivity index (χ3n) is 4.34. The molecule has 0 spiro atoms. The predicted molar refractivity (Wildman–Crippen MR) is 126 cm³/mol. The monoisotopic (exact) mass is 442 g/mol. The van der Waals surface area contributed by atoms with Crippen molar-refractivity contribution < 1.29 is 19.1 Å². The Balaban J connectivity index is 1.55. The number of amides is 1. The number of carbonyl (C=O) groups excluding carboxylic acids is 2. The third kappa shape index (κ3) is 10.6. The lowest BCUT2D eigenvalue weighted by Gasteiger charge is -2.10. The van der Waals surface area contributed by atoms with E-state index in [0.29, 0.717) is 19.6 Å². The molecule has 0 bridgehead atoms. The minimum atomic E-state index is -0.285. The summed E-state index contributed by atoms with van der Waals surface area (Å²) >= 11 is 5.16. The number of benzene rings is 2. The highest BCUT2D eigenvalue weighted by molar-refractivity contribution is 7.80. The molecule has 0 unspecified atom stereocenters. The van der Waals surface area contributed by atoms with Crippen LogP contribution in [0.4, 0.5) is 5.69 Å². The molecule has 0 heterocycles. The molecule has 0 atom stereocenters. The molecule has 166 valence electrons. The fourth-order valence-electron chi connectivity index (χ4n) is 2.78. The fourth-order valence-corrected chi connectivity index (χ4v) is 3.01. The summed E-state index contributed by atoms with van der Waals surface area (Å²) < 4.78 is 10.7. The molecule has 31 heavy (non-hydrogen) atoms. The number of aryl methyl sites for hydroxylation is 1. The second-order valence-electron chi connectivity index (χ2n) is 7.04. The summed E-state index contributed by atoms with van der Waals surface area (Å²) in [5, 5.41) is 5.79. The van der Waals surface area contributed by atoms with Crippen molar-refractivity contribution in [2.45, 2.75) is 45.4 Å². The average Bonchev–Trinajstić information content (AvgIpc) is 2.77. The molecule has 2 N–H and O–H groups in total. The van der Waals surface area contributed by atoms with Gasteiger partial charge >= 0.3 is 5.97 Å². The summed E-state index contributed by atoms with van der Waals surface area (Å²) in [6.07, 6.45) is 3.41. The number of thiocarbonyl (C=S) groups is 1. The lowest BCUT2D eigenvalue weighted by Crippen LogP contribution is -2.34. The number of rotatable bonds is 12. The van der Waals surface area contributed by atoms with Crippen molar-refractivity contribution in [2.75, 3.05) is 18.5 Å². The Morgan fingerprint density at radius 3 is 2.39 bits per heavy atom. The number of hydrogen-bond acceptors (Lipinski definition) is 5. The van der Waals surface area contributed by atoms with Gasteiger partial charge in [0.15, 0.2) is 5.11 Å². The molecule has 7 heteroatoms. The van der Waals surface area contributed by atoms with E-state index < -0.39 is 0 Å². The van der Waals surface area contributed by atoms with Gasteiger partial charge in [-0.2, -0.15) is 0 Å². The number of esters is 1. The lowest BCUT2D eigenvalue weighted by atomic mass is 10.1. The average molecular weight is 443 g/mol. The first-order valence-corrected chi connectivity index (χ1v) is 11.0. The van der Waals surface area contributed by atoms with Crippen LogP contribution in [0, 0.1) is 0 Å². The van der Waals surface area contributed by atoms with Gasteiger partial charge in [0.05, 0.1) is 13.2 Å². The van der Waals surface area contributed by atoms with Crippen LogP contribution < -0.4 is 15.4 Å². The summed E-state index contributed by atoms with van der Waals surface area (Å²) in [5.74, 6) is 0.263. The van der Waals surface area contributed by atoms with Gasteiger partial charge in [-0.25, -0.2) is 0 Å². The molecule has 6 nitrogen and oxygen atoms in total. The molecular formula is C24H30N2O4S. The van der Waals surface area contributed by atoms with Crippen LogP contribution in [-0.2, 0) is 20.7 Å². The van der Waals surface area contributed by atoms with Crippen LogP contribution in [0.2, 0.25) is 0 Å². The van der Waals surface area contributed by atoms with E-state index in [9.17, 15) is 9.59 Å². The second kappa shape index (κ2) is 14.1. The van der Waals surface area contributed by atoms with Crippen LogP contribution in [0.5, 0.6) is 5.75 Å². The second-order valence-corrected chi connectivity index (χ2v) is 7.45. The van der Waals surface area contributed by atoms with E-state index >= 15 is 0 Å². The first-order valence-electron chi connectivity index (χ1n) is 10.6. The summed E-state index contributed by atoms with van der Waals surface area (Å²) in [7, 11) is 0. The van der Waals surface area contributed by atoms with Gasteiger partial charge in [0.2, 0.25) is 5.91 Å². The number of ether oxygens (including phenoxy) is 2. The number of hydrogen-bond donors (Lipinski definition) is 2. The van der Waals surface area contributed by atoms with Crippen molar-refractivity contribution in [1.29, 1.82) is 0 Å². The van der Waals surface area contributed by atoms with Gasteiger partial charge in [0, 0.05) is 18.5 Å². The van der Waals surface area contributed by atoms with Gasteiger partial charge in [0.1, 0.15) is 5.75 Å². The Morgan fingerprint density at radius 1 is 0.935 bits per heavy atom. The minimum Gasteiger partial charge on any atom is -0.494 e. The van der Waals surface area contributed by atoms with E-state index in [-0.39, 0.29) is 29.8 Å². The molecular weight excluding hydrogens is 412 g/mol. The quantitative estimate of drug-likeness (QED) is 0.283. The number of carbonyl (C=O) groups is 2. The summed E-state index contributed by atoms with van der Waals surface area (Å²) in [4.78, 5) is 23.8. The zero-order valence-corrected chi connectivity index (χ0v) is 18.7. The number of anilines is 1. The van der Waals surface area contributed by atoms with E-state index in [4.69, 9.17) is 21.7 Å². The van der Waals surface area contributed by atoms with Gasteiger partial charge in [-0.1, -0.05) is 37.3 Å². The van der Waals surface area contributed by atoms with Gasteiger partial charge in [-0.3, -0.25) is 9.59 Å². The third-order valence-corrected chi connectivity index (χ3v) is 4.54. The maximum absolute atomic E-state index is 12.0. The smallest absolute Gasteiger partial charge is 0.305 e. The van der Waals surface area contributed by atoms with Crippen molar-refractivity contribution in [3.63, 3.8) is 0 Å². The molecule has 0 fully saturated rings. The van der Waals surface area contributed by atoms with Crippen LogP contribution in [-0.4, -0.2) is 30.2 Å². The Morgan fingerprint density at radius 2 is 1.68 bits per heavy atom. The van der Waals surface area contributed by atoms with E-state index in [2.05, 4.69) is 22.8 Å². The molecule has 0 saturated heterocycles. The molecule has 2 aromatic carbocycles. The fraction of sp³-hybridized carbons (Fsp3) is 0.375. The van der Waals surface area contributed by atoms with Gasteiger partial charge in [0.25, 0.3) is 0 Å². The standard InChI is InChI=1S/C24H30N2O4S/c1-2-17-29-21-15-13-20(14-16-21)25-24(31)26-22(27)11-6-12-23(28)30-18-7-10-19-8-4-3-5-9-19/h3-5,8-9,13-16H,2,6-7,10-12,17-18H2,1H3,(H2,25,26,27,31). The van der Waals surface area contributed by atoms with Crippen molar-refractivity contribution >= 4 is 34.9 Å². The van der Waals surface area contributed by atoms with Crippen molar-refractivity contribution in [3.8, 4) is 5.75 Å². The highest BCUT2D eigenvalue weighted by Crippen LogP contribution is 2.15. The maximum Gasteiger partial charge on any atom is 0.305 e. The van der Waals surface area contributed by atoms with E-state index in [1.807, 2.05) is 49.4 Å². The van der Waals surface area contributed by atoms with Crippen LogP contribution in [0.3, 0.4) is 0 Å². The van der Waals surface area contributed by atoms with Crippen LogP contribution in [0.1, 0.15) is 44.6 Å². The Hall–Kier alpha value is -2.93. The predicted octanol–water partition coefficient (Wildman–Crippen LogP) is 4.63. The zero-order valence-electron chi connectivity index (χ0n) is 17.9. The summed E-state index contributed by atoms with van der Waals surface area (Å²) in [6, 6.07) is 17.4. The first-order chi connectivity index (χ1) is 15.1. The Labute approximate surface area is 189 Å².